The lowest BCUT2D eigenvalue weighted by molar-refractivity contribution is 0.0600. The second-order valence-electron chi connectivity index (χ2n) is 6.07. The van der Waals surface area contributed by atoms with Gasteiger partial charge in [-0.2, -0.15) is 0 Å². The summed E-state index contributed by atoms with van der Waals surface area (Å²) >= 11 is 0. The average molecular weight is 290 g/mol. The molecule has 21 heavy (non-hydrogen) atoms. The highest BCUT2D eigenvalue weighted by molar-refractivity contribution is 5.90. The molecule has 0 aromatic heterocycles. The van der Waals surface area contributed by atoms with Crippen molar-refractivity contribution in [2.24, 2.45) is 0 Å². The highest BCUT2D eigenvalue weighted by Crippen LogP contribution is 2.22. The number of likely N-dealkylation sites (tertiary alicyclic amines) is 1. The number of nitrogens with zero attached hydrogens (tertiary/aromatic N) is 1. The van der Waals surface area contributed by atoms with Gasteiger partial charge in [-0.1, -0.05) is 0 Å². The smallest absolute Gasteiger partial charge is 0.337 e. The molecule has 1 aliphatic heterocycles. The van der Waals surface area contributed by atoms with E-state index in [0.29, 0.717) is 17.6 Å². The van der Waals surface area contributed by atoms with E-state index in [0.717, 1.165) is 37.2 Å². The molecule has 2 rings (SSSR count). The summed E-state index contributed by atoms with van der Waals surface area (Å²) in [5, 5.41) is 3.61. The molecular weight excluding hydrogens is 264 g/mol. The Kier molecular flexibility index (Phi) is 5.23. The number of aryl methyl sites for hydroxylation is 1. The molecule has 1 heterocycles. The Morgan fingerprint density at radius 3 is 2.52 bits per heavy atom. The number of anilines is 1. The third kappa shape index (κ3) is 3.97. The predicted molar refractivity (Wildman–Crippen MR) is 85.9 cm³/mol. The van der Waals surface area contributed by atoms with Gasteiger partial charge in [0.2, 0.25) is 0 Å². The van der Waals surface area contributed by atoms with Crippen LogP contribution in [-0.2, 0) is 4.74 Å². The van der Waals surface area contributed by atoms with Crippen molar-refractivity contribution in [3.05, 3.63) is 29.3 Å². The fraction of sp³-hybridized carbons (Fsp3) is 0.588. The lowest BCUT2D eigenvalue weighted by Gasteiger charge is -2.35. The van der Waals surface area contributed by atoms with Gasteiger partial charge in [-0.3, -0.25) is 0 Å². The van der Waals surface area contributed by atoms with Crippen molar-refractivity contribution in [2.45, 2.75) is 45.7 Å². The van der Waals surface area contributed by atoms with Crippen LogP contribution < -0.4 is 5.32 Å². The third-order valence-electron chi connectivity index (χ3n) is 4.27. The van der Waals surface area contributed by atoms with E-state index in [4.69, 9.17) is 4.74 Å². The molecule has 1 aromatic rings. The number of ether oxygens (including phenoxy) is 1. The van der Waals surface area contributed by atoms with Gasteiger partial charge < -0.3 is 15.0 Å². The molecule has 0 radical (unpaired) electrons. The number of piperidine rings is 1. The largest absolute Gasteiger partial charge is 0.465 e. The van der Waals surface area contributed by atoms with Crippen LogP contribution in [-0.4, -0.2) is 43.2 Å². The van der Waals surface area contributed by atoms with Crippen LogP contribution in [0.25, 0.3) is 0 Å². The number of benzene rings is 1. The van der Waals surface area contributed by atoms with Crippen LogP contribution >= 0.6 is 0 Å². The quantitative estimate of drug-likeness (QED) is 0.865. The van der Waals surface area contributed by atoms with Crippen LogP contribution in [0.15, 0.2) is 18.2 Å². The van der Waals surface area contributed by atoms with Crippen molar-refractivity contribution in [1.82, 2.24) is 4.90 Å². The van der Waals surface area contributed by atoms with E-state index < -0.39 is 0 Å². The normalized spacial score (nSPS) is 17.0. The maximum Gasteiger partial charge on any atom is 0.337 e. The molecule has 1 N–H and O–H groups in total. The molecule has 4 heteroatoms. The molecule has 4 nitrogen and oxygen atoms in total. The van der Waals surface area contributed by atoms with Gasteiger partial charge in [0.25, 0.3) is 0 Å². The minimum absolute atomic E-state index is 0.283. The number of methoxy groups -OCH3 is 1. The van der Waals surface area contributed by atoms with Gasteiger partial charge in [0.1, 0.15) is 0 Å². The summed E-state index contributed by atoms with van der Waals surface area (Å²) < 4.78 is 4.75. The summed E-state index contributed by atoms with van der Waals surface area (Å²) in [5.41, 5.74) is 2.81. The number of hydrogen-bond donors (Lipinski definition) is 1. The molecule has 0 bridgehead atoms. The second-order valence-corrected chi connectivity index (χ2v) is 6.07. The molecule has 0 amide bonds. The molecule has 1 saturated heterocycles. The fourth-order valence-electron chi connectivity index (χ4n) is 2.85. The first-order valence-electron chi connectivity index (χ1n) is 7.71. The monoisotopic (exact) mass is 290 g/mol. The lowest BCUT2D eigenvalue weighted by Crippen LogP contribution is -2.42. The van der Waals surface area contributed by atoms with Crippen LogP contribution in [0.4, 0.5) is 5.69 Å². The van der Waals surface area contributed by atoms with Crippen molar-refractivity contribution >= 4 is 11.7 Å². The summed E-state index contributed by atoms with van der Waals surface area (Å²) in [6, 6.07) is 6.84. The van der Waals surface area contributed by atoms with E-state index in [2.05, 4.69) is 24.1 Å². The summed E-state index contributed by atoms with van der Waals surface area (Å²) in [6.45, 7) is 8.83. The molecule has 0 unspecified atom stereocenters. The lowest BCUT2D eigenvalue weighted by atomic mass is 10.0. The zero-order valence-corrected chi connectivity index (χ0v) is 13.5. The van der Waals surface area contributed by atoms with Gasteiger partial charge in [0.15, 0.2) is 0 Å². The molecule has 0 spiro atoms. The fourth-order valence-corrected chi connectivity index (χ4v) is 2.85. The molecule has 0 atom stereocenters. The highest BCUT2D eigenvalue weighted by Gasteiger charge is 2.21. The van der Waals surface area contributed by atoms with E-state index >= 15 is 0 Å². The zero-order valence-electron chi connectivity index (χ0n) is 13.5. The maximum atomic E-state index is 11.5. The SMILES string of the molecule is COC(=O)c1ccc(NC2CCN(C(C)C)CC2)c(C)c1. The van der Waals surface area contributed by atoms with Gasteiger partial charge in [-0.05, 0) is 57.4 Å². The van der Waals surface area contributed by atoms with Gasteiger partial charge in [0, 0.05) is 30.9 Å². The predicted octanol–water partition coefficient (Wildman–Crippen LogP) is 3.07. The molecule has 1 fully saturated rings. The van der Waals surface area contributed by atoms with Crippen molar-refractivity contribution in [1.29, 1.82) is 0 Å². The van der Waals surface area contributed by atoms with Crippen LogP contribution in [0.5, 0.6) is 0 Å². The van der Waals surface area contributed by atoms with Crippen LogP contribution in [0, 0.1) is 6.92 Å². The Balaban J connectivity index is 1.96. The average Bonchev–Trinajstić information content (AvgIpc) is 2.49. The second kappa shape index (κ2) is 6.94. The first-order chi connectivity index (χ1) is 10.0. The van der Waals surface area contributed by atoms with E-state index in [1.54, 1.807) is 0 Å². The van der Waals surface area contributed by atoms with Gasteiger partial charge in [-0.25, -0.2) is 4.79 Å². The van der Waals surface area contributed by atoms with E-state index in [1.807, 2.05) is 25.1 Å². The van der Waals surface area contributed by atoms with Crippen molar-refractivity contribution < 1.29 is 9.53 Å². The minimum atomic E-state index is -0.283. The number of hydrogen-bond acceptors (Lipinski definition) is 4. The van der Waals surface area contributed by atoms with E-state index in [9.17, 15) is 4.79 Å². The summed E-state index contributed by atoms with van der Waals surface area (Å²) in [4.78, 5) is 14.0. The number of esters is 1. The molecule has 116 valence electrons. The standard InChI is InChI=1S/C17H26N2O2/c1-12(2)19-9-7-15(8-10-19)18-16-6-5-14(11-13(16)3)17(20)21-4/h5-6,11-12,15,18H,7-10H2,1-4H3. The molecule has 0 saturated carbocycles. The van der Waals surface area contributed by atoms with Gasteiger partial charge in [0.05, 0.1) is 12.7 Å². The maximum absolute atomic E-state index is 11.5. The summed E-state index contributed by atoms with van der Waals surface area (Å²) in [5.74, 6) is -0.283. The molecule has 0 aliphatic carbocycles. The Morgan fingerprint density at radius 2 is 2.00 bits per heavy atom. The van der Waals surface area contributed by atoms with Gasteiger partial charge >= 0.3 is 5.97 Å². The Bertz CT molecular complexity index is 492. The van der Waals surface area contributed by atoms with Crippen molar-refractivity contribution in [2.75, 3.05) is 25.5 Å². The van der Waals surface area contributed by atoms with Gasteiger partial charge in [-0.15, -0.1) is 0 Å². The number of carbonyl (C=O) groups excluding carboxylic acids is 1. The number of carbonyl (C=O) groups is 1. The molecular formula is C17H26N2O2. The van der Waals surface area contributed by atoms with Crippen LogP contribution in [0.2, 0.25) is 0 Å². The van der Waals surface area contributed by atoms with Crippen LogP contribution in [0.1, 0.15) is 42.6 Å². The van der Waals surface area contributed by atoms with Crippen LogP contribution in [0.3, 0.4) is 0 Å². The van der Waals surface area contributed by atoms with Crippen molar-refractivity contribution in [3.63, 3.8) is 0 Å². The number of rotatable bonds is 4. The third-order valence-corrected chi connectivity index (χ3v) is 4.27. The molecule has 1 aromatic carbocycles. The van der Waals surface area contributed by atoms with E-state index in [-0.39, 0.29) is 5.97 Å². The first kappa shape index (κ1) is 15.8. The summed E-state index contributed by atoms with van der Waals surface area (Å²) in [6.07, 6.45) is 2.33. The minimum Gasteiger partial charge on any atom is -0.465 e. The Morgan fingerprint density at radius 1 is 1.33 bits per heavy atom. The van der Waals surface area contributed by atoms with E-state index in [1.165, 1.54) is 7.11 Å². The van der Waals surface area contributed by atoms with Crippen molar-refractivity contribution in [3.8, 4) is 0 Å². The Hall–Kier alpha value is -1.55. The first-order valence-corrected chi connectivity index (χ1v) is 7.71. The molecule has 1 aliphatic rings. The number of nitrogens with one attached hydrogen (secondary N) is 1. The topological polar surface area (TPSA) is 41.6 Å². The zero-order chi connectivity index (χ0) is 15.4. The Labute approximate surface area is 127 Å². The highest BCUT2D eigenvalue weighted by atomic mass is 16.5. The summed E-state index contributed by atoms with van der Waals surface area (Å²) in [7, 11) is 1.41.